The fraction of sp³-hybridized carbons (Fsp3) is 0.120. The second kappa shape index (κ2) is 9.66. The first-order chi connectivity index (χ1) is 16.6. The largest absolute Gasteiger partial charge is 0.478 e. The molecule has 0 unspecified atom stereocenters. The maximum absolute atomic E-state index is 12.4. The molecule has 9 heteroatoms. The second-order valence-corrected chi connectivity index (χ2v) is 9.81. The molecule has 170 valence electrons. The molecule has 0 saturated carbocycles. The molecule has 0 atom stereocenters. The number of carbonyl (C=O) groups excluding carboxylic acids is 1. The number of ether oxygens (including phenoxy) is 1. The van der Waals surface area contributed by atoms with Gasteiger partial charge in [-0.25, -0.2) is 9.59 Å². The predicted octanol–water partition coefficient (Wildman–Crippen LogP) is 5.89. The van der Waals surface area contributed by atoms with Gasteiger partial charge in [-0.2, -0.15) is 0 Å². The molecule has 0 saturated heterocycles. The van der Waals surface area contributed by atoms with Crippen molar-refractivity contribution in [3.8, 4) is 11.1 Å². The van der Waals surface area contributed by atoms with E-state index < -0.39 is 12.1 Å². The number of carboxylic acid groups (broad SMARTS) is 1. The Bertz CT molecular complexity index is 1310. The van der Waals surface area contributed by atoms with Crippen LogP contribution >= 0.6 is 23.1 Å². The lowest BCUT2D eigenvalue weighted by atomic mass is 9.98. The van der Waals surface area contributed by atoms with E-state index >= 15 is 0 Å². The summed E-state index contributed by atoms with van der Waals surface area (Å²) in [5.41, 5.74) is 5.88. The van der Waals surface area contributed by atoms with Gasteiger partial charge < -0.3 is 9.84 Å². The van der Waals surface area contributed by atoms with Crippen LogP contribution in [0.4, 0.5) is 9.93 Å². The zero-order valence-corrected chi connectivity index (χ0v) is 19.4. The summed E-state index contributed by atoms with van der Waals surface area (Å²) in [7, 11) is 0. The number of anilines is 1. The molecule has 0 spiro atoms. The first-order valence-corrected chi connectivity index (χ1v) is 12.3. The Morgan fingerprint density at radius 2 is 1.59 bits per heavy atom. The fourth-order valence-electron chi connectivity index (χ4n) is 3.93. The van der Waals surface area contributed by atoms with Crippen LogP contribution in [0.5, 0.6) is 0 Å². The lowest BCUT2D eigenvalue weighted by molar-refractivity contribution is 0.0697. The van der Waals surface area contributed by atoms with Crippen molar-refractivity contribution < 1.29 is 19.4 Å². The Kier molecular flexibility index (Phi) is 6.29. The maximum Gasteiger partial charge on any atom is 0.413 e. The van der Waals surface area contributed by atoms with Gasteiger partial charge in [-0.1, -0.05) is 83.8 Å². The van der Waals surface area contributed by atoms with E-state index in [9.17, 15) is 9.59 Å². The van der Waals surface area contributed by atoms with E-state index in [1.165, 1.54) is 34.2 Å². The molecular formula is C25H19N3O4S2. The number of aromatic carboxylic acids is 1. The normalized spacial score (nSPS) is 12.1. The summed E-state index contributed by atoms with van der Waals surface area (Å²) in [5, 5.41) is 20.1. The minimum atomic E-state index is -0.952. The number of carboxylic acids is 1. The molecule has 7 nitrogen and oxygen atoms in total. The van der Waals surface area contributed by atoms with E-state index in [0.717, 1.165) is 16.7 Å². The molecular weight excluding hydrogens is 470 g/mol. The minimum Gasteiger partial charge on any atom is -0.478 e. The third-order valence-electron chi connectivity index (χ3n) is 5.52. The third kappa shape index (κ3) is 4.66. The zero-order valence-electron chi connectivity index (χ0n) is 17.8. The molecule has 3 aromatic carbocycles. The SMILES string of the molecule is O=C(Nc1nnc(SCc2ccc(C(=O)O)cc2)s1)OCC1c2ccccc2-c2ccccc21. The van der Waals surface area contributed by atoms with Gasteiger partial charge in [0, 0.05) is 11.7 Å². The Balaban J connectivity index is 1.16. The zero-order chi connectivity index (χ0) is 23.5. The van der Waals surface area contributed by atoms with Crippen LogP contribution < -0.4 is 5.32 Å². The van der Waals surface area contributed by atoms with Crippen molar-refractivity contribution in [1.29, 1.82) is 0 Å². The van der Waals surface area contributed by atoms with Crippen LogP contribution in [0.15, 0.2) is 77.1 Å². The average Bonchev–Trinajstić information content (AvgIpc) is 3.43. The van der Waals surface area contributed by atoms with Gasteiger partial charge in [-0.3, -0.25) is 5.32 Å². The van der Waals surface area contributed by atoms with Gasteiger partial charge in [-0.05, 0) is 39.9 Å². The van der Waals surface area contributed by atoms with Crippen LogP contribution in [0.1, 0.15) is 33.0 Å². The van der Waals surface area contributed by atoms with Crippen molar-refractivity contribution in [2.24, 2.45) is 0 Å². The summed E-state index contributed by atoms with van der Waals surface area (Å²) in [4.78, 5) is 23.4. The molecule has 5 rings (SSSR count). The Labute approximate surface area is 203 Å². The van der Waals surface area contributed by atoms with Crippen molar-refractivity contribution in [2.75, 3.05) is 11.9 Å². The molecule has 1 amide bonds. The summed E-state index contributed by atoms with van der Waals surface area (Å²) in [6, 6.07) is 23.0. The molecule has 4 aromatic rings. The Morgan fingerprint density at radius 1 is 0.941 bits per heavy atom. The van der Waals surface area contributed by atoms with E-state index in [1.54, 1.807) is 24.3 Å². The summed E-state index contributed by atoms with van der Waals surface area (Å²) < 4.78 is 6.24. The molecule has 0 fully saturated rings. The Morgan fingerprint density at radius 3 is 2.24 bits per heavy atom. The number of aromatic nitrogens is 2. The maximum atomic E-state index is 12.4. The van der Waals surface area contributed by atoms with E-state index in [0.29, 0.717) is 15.2 Å². The van der Waals surface area contributed by atoms with Crippen LogP contribution in [-0.4, -0.2) is 34.0 Å². The molecule has 0 radical (unpaired) electrons. The number of nitrogens with one attached hydrogen (secondary N) is 1. The first-order valence-electron chi connectivity index (χ1n) is 10.5. The number of rotatable bonds is 7. The number of thioether (sulfide) groups is 1. The van der Waals surface area contributed by atoms with Crippen molar-refractivity contribution in [1.82, 2.24) is 10.2 Å². The quantitative estimate of drug-likeness (QED) is 0.247. The van der Waals surface area contributed by atoms with Gasteiger partial charge >= 0.3 is 12.1 Å². The second-order valence-electron chi connectivity index (χ2n) is 7.61. The molecule has 0 bridgehead atoms. The van der Waals surface area contributed by atoms with Crippen molar-refractivity contribution in [2.45, 2.75) is 16.0 Å². The average molecular weight is 490 g/mol. The summed E-state index contributed by atoms with van der Waals surface area (Å²) in [6.07, 6.45) is -0.571. The topological polar surface area (TPSA) is 101 Å². The van der Waals surface area contributed by atoms with E-state index in [-0.39, 0.29) is 18.1 Å². The van der Waals surface area contributed by atoms with Crippen LogP contribution in [0.25, 0.3) is 11.1 Å². The number of benzene rings is 3. The highest BCUT2D eigenvalue weighted by atomic mass is 32.2. The molecule has 34 heavy (non-hydrogen) atoms. The van der Waals surface area contributed by atoms with E-state index in [2.05, 4.69) is 39.8 Å². The van der Waals surface area contributed by atoms with Crippen LogP contribution in [-0.2, 0) is 10.5 Å². The predicted molar refractivity (Wildman–Crippen MR) is 132 cm³/mol. The van der Waals surface area contributed by atoms with Gasteiger partial charge in [0.05, 0.1) is 5.56 Å². The van der Waals surface area contributed by atoms with Crippen molar-refractivity contribution >= 4 is 40.3 Å². The van der Waals surface area contributed by atoms with Crippen LogP contribution in [0.3, 0.4) is 0 Å². The molecule has 2 N–H and O–H groups in total. The molecule has 1 aliphatic carbocycles. The number of fused-ring (bicyclic) bond motifs is 3. The van der Waals surface area contributed by atoms with E-state index in [1.807, 2.05) is 24.3 Å². The standard InChI is InChI=1S/C25H19N3O4S2/c29-22(30)16-11-9-15(10-12-16)14-33-25-28-27-23(34-25)26-24(31)32-13-21-19-7-3-1-5-17(19)18-6-2-4-8-20(18)21/h1-12,21H,13-14H2,(H,29,30)(H,26,27,31). The molecule has 1 aliphatic rings. The highest BCUT2D eigenvalue weighted by Gasteiger charge is 2.29. The molecule has 1 aromatic heterocycles. The van der Waals surface area contributed by atoms with Crippen LogP contribution in [0.2, 0.25) is 0 Å². The lowest BCUT2D eigenvalue weighted by Gasteiger charge is -2.13. The first kappa shape index (κ1) is 22.1. The van der Waals surface area contributed by atoms with Gasteiger partial charge in [-0.15, -0.1) is 10.2 Å². The van der Waals surface area contributed by atoms with E-state index in [4.69, 9.17) is 9.84 Å². The van der Waals surface area contributed by atoms with Gasteiger partial charge in [0.1, 0.15) is 6.61 Å². The highest BCUT2D eigenvalue weighted by Crippen LogP contribution is 2.44. The van der Waals surface area contributed by atoms with Gasteiger partial charge in [0.2, 0.25) is 5.13 Å². The highest BCUT2D eigenvalue weighted by molar-refractivity contribution is 8.00. The Hall–Kier alpha value is -3.69. The number of carbonyl (C=O) groups is 2. The number of hydrogen-bond donors (Lipinski definition) is 2. The van der Waals surface area contributed by atoms with Crippen LogP contribution in [0, 0.1) is 0 Å². The smallest absolute Gasteiger partial charge is 0.413 e. The summed E-state index contributed by atoms with van der Waals surface area (Å²) in [5.74, 6) is -0.349. The monoisotopic (exact) mass is 489 g/mol. The minimum absolute atomic E-state index is 0.00815. The number of amides is 1. The number of nitrogens with zero attached hydrogens (tertiary/aromatic N) is 2. The van der Waals surface area contributed by atoms with Crippen molar-refractivity contribution in [3.05, 3.63) is 95.1 Å². The lowest BCUT2D eigenvalue weighted by Crippen LogP contribution is -2.17. The van der Waals surface area contributed by atoms with Crippen molar-refractivity contribution in [3.63, 3.8) is 0 Å². The fourth-order valence-corrected chi connectivity index (χ4v) is 5.62. The summed E-state index contributed by atoms with van der Waals surface area (Å²) in [6.45, 7) is 0.229. The molecule has 1 heterocycles. The summed E-state index contributed by atoms with van der Waals surface area (Å²) >= 11 is 2.72. The number of hydrogen-bond acceptors (Lipinski definition) is 7. The molecule has 0 aliphatic heterocycles. The van der Waals surface area contributed by atoms with Gasteiger partial charge in [0.15, 0.2) is 4.34 Å². The third-order valence-corrected chi connectivity index (χ3v) is 7.57. The van der Waals surface area contributed by atoms with Gasteiger partial charge in [0.25, 0.3) is 0 Å².